The van der Waals surface area contributed by atoms with Crippen molar-refractivity contribution in [3.8, 4) is 11.5 Å². The van der Waals surface area contributed by atoms with E-state index < -0.39 is 0 Å². The lowest BCUT2D eigenvalue weighted by Crippen LogP contribution is -2.32. The molecule has 1 aliphatic rings. The first-order valence-electron chi connectivity index (χ1n) is 7.86. The zero-order valence-electron chi connectivity index (χ0n) is 13.2. The van der Waals surface area contributed by atoms with Crippen LogP contribution >= 0.6 is 0 Å². The first-order chi connectivity index (χ1) is 11.7. The van der Waals surface area contributed by atoms with Gasteiger partial charge in [0, 0.05) is 19.6 Å². The highest BCUT2D eigenvalue weighted by Gasteiger charge is 2.19. The summed E-state index contributed by atoms with van der Waals surface area (Å²) in [7, 11) is 0. The van der Waals surface area contributed by atoms with Gasteiger partial charge in [-0.1, -0.05) is 18.2 Å². The van der Waals surface area contributed by atoms with Gasteiger partial charge in [-0.15, -0.1) is 0 Å². The largest absolute Gasteiger partial charge is 0.486 e. The predicted molar refractivity (Wildman–Crippen MR) is 87.9 cm³/mol. The SMILES string of the molecule is O=C(NCCNCc1ccc(F)cc1)c1cccc2c1OCCO2. The molecular formula is C18H19FN2O3. The summed E-state index contributed by atoms with van der Waals surface area (Å²) < 4.78 is 23.8. The molecule has 3 rings (SSSR count). The van der Waals surface area contributed by atoms with E-state index in [0.717, 1.165) is 5.56 Å². The van der Waals surface area contributed by atoms with Crippen LogP contribution in [0, 0.1) is 5.82 Å². The Hall–Kier alpha value is -2.60. The number of nitrogens with one attached hydrogen (secondary N) is 2. The molecule has 24 heavy (non-hydrogen) atoms. The van der Waals surface area contributed by atoms with Crippen LogP contribution in [0.15, 0.2) is 42.5 Å². The molecule has 0 saturated heterocycles. The van der Waals surface area contributed by atoms with E-state index in [0.29, 0.717) is 49.9 Å². The van der Waals surface area contributed by atoms with Gasteiger partial charge in [0.2, 0.25) is 0 Å². The van der Waals surface area contributed by atoms with Gasteiger partial charge in [0.25, 0.3) is 5.91 Å². The highest BCUT2D eigenvalue weighted by Crippen LogP contribution is 2.33. The van der Waals surface area contributed by atoms with Crippen molar-refractivity contribution in [1.29, 1.82) is 0 Å². The predicted octanol–water partition coefficient (Wildman–Crippen LogP) is 2.12. The smallest absolute Gasteiger partial charge is 0.255 e. The topological polar surface area (TPSA) is 59.6 Å². The number of halogens is 1. The number of carbonyl (C=O) groups excluding carboxylic acids is 1. The van der Waals surface area contributed by atoms with Crippen molar-refractivity contribution in [1.82, 2.24) is 10.6 Å². The Morgan fingerprint density at radius 1 is 1.04 bits per heavy atom. The Bertz CT molecular complexity index is 704. The Balaban J connectivity index is 1.45. The van der Waals surface area contributed by atoms with Gasteiger partial charge in [0.05, 0.1) is 5.56 Å². The average Bonchev–Trinajstić information content (AvgIpc) is 2.62. The van der Waals surface area contributed by atoms with Gasteiger partial charge in [-0.25, -0.2) is 4.39 Å². The molecule has 1 aliphatic heterocycles. The van der Waals surface area contributed by atoms with Crippen LogP contribution in [-0.2, 0) is 6.54 Å². The Morgan fingerprint density at radius 2 is 1.83 bits per heavy atom. The van der Waals surface area contributed by atoms with Crippen LogP contribution in [0.4, 0.5) is 4.39 Å². The van der Waals surface area contributed by atoms with E-state index in [9.17, 15) is 9.18 Å². The number of fused-ring (bicyclic) bond motifs is 1. The average molecular weight is 330 g/mol. The molecule has 2 aromatic carbocycles. The molecule has 126 valence electrons. The summed E-state index contributed by atoms with van der Waals surface area (Å²) in [5, 5.41) is 6.04. The zero-order chi connectivity index (χ0) is 16.8. The Labute approximate surface area is 139 Å². The van der Waals surface area contributed by atoms with Crippen molar-refractivity contribution in [2.45, 2.75) is 6.54 Å². The van der Waals surface area contributed by atoms with Gasteiger partial charge in [0.1, 0.15) is 19.0 Å². The molecule has 0 fully saturated rings. The van der Waals surface area contributed by atoms with Crippen molar-refractivity contribution >= 4 is 5.91 Å². The number of amides is 1. The number of benzene rings is 2. The summed E-state index contributed by atoms with van der Waals surface area (Å²) in [6.45, 7) is 2.63. The van der Waals surface area contributed by atoms with Crippen LogP contribution in [-0.4, -0.2) is 32.2 Å². The lowest BCUT2D eigenvalue weighted by Gasteiger charge is -2.20. The van der Waals surface area contributed by atoms with Crippen molar-refractivity contribution in [2.24, 2.45) is 0 Å². The lowest BCUT2D eigenvalue weighted by atomic mass is 10.1. The Morgan fingerprint density at radius 3 is 2.67 bits per heavy atom. The van der Waals surface area contributed by atoms with Crippen molar-refractivity contribution in [3.05, 3.63) is 59.4 Å². The molecule has 5 nitrogen and oxygen atoms in total. The summed E-state index contributed by atoms with van der Waals surface area (Å²) >= 11 is 0. The van der Waals surface area contributed by atoms with Crippen LogP contribution < -0.4 is 20.1 Å². The van der Waals surface area contributed by atoms with Crippen LogP contribution in [0.5, 0.6) is 11.5 Å². The van der Waals surface area contributed by atoms with Crippen LogP contribution in [0.3, 0.4) is 0 Å². The van der Waals surface area contributed by atoms with E-state index in [1.165, 1.54) is 12.1 Å². The minimum atomic E-state index is -0.247. The monoisotopic (exact) mass is 330 g/mol. The van der Waals surface area contributed by atoms with E-state index in [1.54, 1.807) is 30.3 Å². The maximum Gasteiger partial charge on any atom is 0.255 e. The summed E-state index contributed by atoms with van der Waals surface area (Å²) in [6.07, 6.45) is 0. The van der Waals surface area contributed by atoms with Crippen molar-refractivity contribution in [3.63, 3.8) is 0 Å². The van der Waals surface area contributed by atoms with Crippen molar-refractivity contribution in [2.75, 3.05) is 26.3 Å². The number of hydrogen-bond donors (Lipinski definition) is 2. The van der Waals surface area contributed by atoms with Crippen LogP contribution in [0.2, 0.25) is 0 Å². The fourth-order valence-corrected chi connectivity index (χ4v) is 2.45. The molecule has 6 heteroatoms. The molecule has 2 aromatic rings. The summed E-state index contributed by atoms with van der Waals surface area (Å²) in [5.41, 5.74) is 1.47. The van der Waals surface area contributed by atoms with E-state index in [2.05, 4.69) is 10.6 Å². The third-order valence-electron chi connectivity index (χ3n) is 3.64. The van der Waals surface area contributed by atoms with Gasteiger partial charge in [0.15, 0.2) is 11.5 Å². The molecule has 0 atom stereocenters. The second-order valence-corrected chi connectivity index (χ2v) is 5.39. The van der Waals surface area contributed by atoms with Crippen molar-refractivity contribution < 1.29 is 18.7 Å². The summed E-state index contributed by atoms with van der Waals surface area (Å²) in [6, 6.07) is 11.6. The van der Waals surface area contributed by atoms with E-state index >= 15 is 0 Å². The van der Waals surface area contributed by atoms with E-state index in [1.807, 2.05) is 0 Å². The minimum Gasteiger partial charge on any atom is -0.486 e. The zero-order valence-corrected chi connectivity index (χ0v) is 13.2. The second-order valence-electron chi connectivity index (χ2n) is 5.39. The maximum atomic E-state index is 12.8. The third kappa shape index (κ3) is 4.02. The Kier molecular flexibility index (Phi) is 5.28. The summed E-state index contributed by atoms with van der Waals surface area (Å²) in [4.78, 5) is 12.3. The van der Waals surface area contributed by atoms with Gasteiger partial charge in [-0.3, -0.25) is 4.79 Å². The molecule has 2 N–H and O–H groups in total. The number of rotatable bonds is 6. The van der Waals surface area contributed by atoms with Gasteiger partial charge in [-0.05, 0) is 29.8 Å². The molecule has 0 unspecified atom stereocenters. The molecule has 0 saturated carbocycles. The fraction of sp³-hybridized carbons (Fsp3) is 0.278. The molecule has 0 radical (unpaired) electrons. The van der Waals surface area contributed by atoms with E-state index in [4.69, 9.17) is 9.47 Å². The van der Waals surface area contributed by atoms with Crippen LogP contribution in [0.25, 0.3) is 0 Å². The van der Waals surface area contributed by atoms with Crippen LogP contribution in [0.1, 0.15) is 15.9 Å². The molecule has 1 heterocycles. The number of para-hydroxylation sites is 1. The normalized spacial score (nSPS) is 12.7. The van der Waals surface area contributed by atoms with Gasteiger partial charge in [-0.2, -0.15) is 0 Å². The standard InChI is InChI=1S/C18H19FN2O3/c19-14-6-4-13(5-7-14)12-20-8-9-21-18(22)15-2-1-3-16-17(15)24-11-10-23-16/h1-7,20H,8-12H2,(H,21,22). The van der Waals surface area contributed by atoms with Gasteiger partial charge < -0.3 is 20.1 Å². The highest BCUT2D eigenvalue weighted by molar-refractivity contribution is 5.97. The number of carbonyl (C=O) groups is 1. The second kappa shape index (κ2) is 7.79. The van der Waals surface area contributed by atoms with E-state index in [-0.39, 0.29) is 11.7 Å². The molecule has 0 spiro atoms. The number of ether oxygens (including phenoxy) is 2. The third-order valence-corrected chi connectivity index (χ3v) is 3.64. The molecule has 0 aromatic heterocycles. The van der Waals surface area contributed by atoms with Gasteiger partial charge >= 0.3 is 0 Å². The maximum absolute atomic E-state index is 12.8. The molecular weight excluding hydrogens is 311 g/mol. The molecule has 0 bridgehead atoms. The summed E-state index contributed by atoms with van der Waals surface area (Å²) in [5.74, 6) is 0.660. The molecule has 0 aliphatic carbocycles. The first-order valence-corrected chi connectivity index (χ1v) is 7.86. The molecule has 1 amide bonds. The minimum absolute atomic E-state index is 0.194. The number of hydrogen-bond acceptors (Lipinski definition) is 4. The lowest BCUT2D eigenvalue weighted by molar-refractivity contribution is 0.0943. The quantitative estimate of drug-likeness (QED) is 0.797. The highest BCUT2D eigenvalue weighted by atomic mass is 19.1. The fourth-order valence-electron chi connectivity index (χ4n) is 2.45. The first kappa shape index (κ1) is 16.3.